The van der Waals surface area contributed by atoms with E-state index in [1.165, 1.54) is 6.08 Å². The SMILES string of the molecule is C=CCOC(=O)c1ccc(N2CCN(C(=O)CCc3ccccc3-c3cccc(O)c3)CC2)nn1. The molecule has 0 aliphatic carbocycles. The highest BCUT2D eigenvalue weighted by molar-refractivity contribution is 5.87. The highest BCUT2D eigenvalue weighted by Crippen LogP contribution is 2.27. The van der Waals surface area contributed by atoms with E-state index in [4.69, 9.17) is 4.74 Å². The van der Waals surface area contributed by atoms with E-state index in [1.807, 2.05) is 46.2 Å². The van der Waals surface area contributed by atoms with Crippen molar-refractivity contribution in [1.29, 1.82) is 0 Å². The normalized spacial score (nSPS) is 13.4. The van der Waals surface area contributed by atoms with E-state index in [0.29, 0.717) is 44.8 Å². The number of ether oxygens (including phenoxy) is 1. The molecule has 180 valence electrons. The molecule has 0 saturated carbocycles. The second kappa shape index (κ2) is 11.3. The molecule has 1 N–H and O–H groups in total. The molecule has 1 amide bonds. The molecule has 1 aliphatic heterocycles. The van der Waals surface area contributed by atoms with Gasteiger partial charge in [0.15, 0.2) is 11.5 Å². The first kappa shape index (κ1) is 23.9. The minimum atomic E-state index is -0.537. The summed E-state index contributed by atoms with van der Waals surface area (Å²) in [6, 6.07) is 18.5. The van der Waals surface area contributed by atoms with E-state index in [1.54, 1.807) is 24.3 Å². The molecular weight excluding hydrogens is 444 g/mol. The Labute approximate surface area is 204 Å². The fourth-order valence-corrected chi connectivity index (χ4v) is 4.09. The minimum absolute atomic E-state index is 0.113. The third-order valence-electron chi connectivity index (χ3n) is 5.93. The van der Waals surface area contributed by atoms with Gasteiger partial charge in [-0.15, -0.1) is 10.2 Å². The first-order valence-electron chi connectivity index (χ1n) is 11.6. The van der Waals surface area contributed by atoms with Gasteiger partial charge in [-0.2, -0.15) is 0 Å². The molecule has 0 radical (unpaired) electrons. The zero-order valence-corrected chi connectivity index (χ0v) is 19.5. The molecule has 8 heteroatoms. The third kappa shape index (κ3) is 6.03. The van der Waals surface area contributed by atoms with Gasteiger partial charge in [0.2, 0.25) is 5.91 Å². The summed E-state index contributed by atoms with van der Waals surface area (Å²) in [4.78, 5) is 28.7. The molecule has 8 nitrogen and oxygen atoms in total. The maximum absolute atomic E-state index is 12.9. The van der Waals surface area contributed by atoms with Crippen LogP contribution in [0.25, 0.3) is 11.1 Å². The van der Waals surface area contributed by atoms with Crippen LogP contribution in [0.5, 0.6) is 5.75 Å². The van der Waals surface area contributed by atoms with Crippen LogP contribution < -0.4 is 4.90 Å². The van der Waals surface area contributed by atoms with Gasteiger partial charge in [-0.25, -0.2) is 4.79 Å². The number of phenols is 1. The molecule has 2 heterocycles. The quantitative estimate of drug-likeness (QED) is 0.396. The number of hydrogen-bond donors (Lipinski definition) is 1. The average Bonchev–Trinajstić information content (AvgIpc) is 2.90. The molecule has 1 saturated heterocycles. The Morgan fingerprint density at radius 1 is 1.00 bits per heavy atom. The van der Waals surface area contributed by atoms with Gasteiger partial charge < -0.3 is 19.6 Å². The number of anilines is 1. The number of amides is 1. The predicted octanol–water partition coefficient (Wildman–Crippen LogP) is 3.47. The van der Waals surface area contributed by atoms with Crippen LogP contribution in [0.2, 0.25) is 0 Å². The van der Waals surface area contributed by atoms with Crippen LogP contribution in [-0.2, 0) is 16.0 Å². The summed E-state index contributed by atoms with van der Waals surface area (Å²) in [5.74, 6) is 0.461. The summed E-state index contributed by atoms with van der Waals surface area (Å²) >= 11 is 0. The van der Waals surface area contributed by atoms with Crippen molar-refractivity contribution in [3.63, 3.8) is 0 Å². The van der Waals surface area contributed by atoms with Gasteiger partial charge in [-0.05, 0) is 47.4 Å². The monoisotopic (exact) mass is 472 g/mol. The Morgan fingerprint density at radius 2 is 1.80 bits per heavy atom. The molecule has 1 aliphatic rings. The minimum Gasteiger partial charge on any atom is -0.508 e. The van der Waals surface area contributed by atoms with Crippen molar-refractivity contribution < 1.29 is 19.4 Å². The van der Waals surface area contributed by atoms with Crippen LogP contribution >= 0.6 is 0 Å². The van der Waals surface area contributed by atoms with Crippen molar-refractivity contribution in [3.05, 3.63) is 84.6 Å². The maximum Gasteiger partial charge on any atom is 0.359 e. The molecule has 3 aromatic rings. The Kier molecular flexibility index (Phi) is 7.72. The summed E-state index contributed by atoms with van der Waals surface area (Å²) in [7, 11) is 0. The summed E-state index contributed by atoms with van der Waals surface area (Å²) in [5, 5.41) is 17.9. The lowest BCUT2D eigenvalue weighted by atomic mass is 9.96. The van der Waals surface area contributed by atoms with E-state index in [9.17, 15) is 14.7 Å². The molecule has 1 aromatic heterocycles. The van der Waals surface area contributed by atoms with Gasteiger partial charge in [0, 0.05) is 32.6 Å². The number of phenolic OH excluding ortho intramolecular Hbond substituents is 1. The van der Waals surface area contributed by atoms with E-state index in [-0.39, 0.29) is 24.0 Å². The Hall–Kier alpha value is -4.20. The molecule has 0 bridgehead atoms. The van der Waals surface area contributed by atoms with Crippen LogP contribution in [0.3, 0.4) is 0 Å². The number of esters is 1. The Balaban J connectivity index is 1.30. The zero-order valence-electron chi connectivity index (χ0n) is 19.5. The van der Waals surface area contributed by atoms with Crippen LogP contribution in [-0.4, -0.2) is 64.9 Å². The van der Waals surface area contributed by atoms with Gasteiger partial charge in [-0.1, -0.05) is 49.1 Å². The fraction of sp³-hybridized carbons (Fsp3) is 0.259. The number of aromatic hydroxyl groups is 1. The van der Waals surface area contributed by atoms with E-state index in [2.05, 4.69) is 16.8 Å². The number of carbonyl (C=O) groups is 2. The van der Waals surface area contributed by atoms with Crippen LogP contribution in [0.15, 0.2) is 73.3 Å². The number of rotatable bonds is 8. The largest absolute Gasteiger partial charge is 0.508 e. The third-order valence-corrected chi connectivity index (χ3v) is 5.93. The molecule has 0 unspecified atom stereocenters. The average molecular weight is 473 g/mol. The number of aromatic nitrogens is 2. The highest BCUT2D eigenvalue weighted by atomic mass is 16.5. The van der Waals surface area contributed by atoms with Gasteiger partial charge in [-0.3, -0.25) is 4.79 Å². The van der Waals surface area contributed by atoms with E-state index >= 15 is 0 Å². The number of nitrogens with zero attached hydrogens (tertiary/aromatic N) is 4. The molecule has 35 heavy (non-hydrogen) atoms. The van der Waals surface area contributed by atoms with Gasteiger partial charge >= 0.3 is 5.97 Å². The summed E-state index contributed by atoms with van der Waals surface area (Å²) in [6.07, 6.45) is 2.53. The van der Waals surface area contributed by atoms with Crippen LogP contribution in [0.4, 0.5) is 5.82 Å². The van der Waals surface area contributed by atoms with Crippen molar-refractivity contribution in [1.82, 2.24) is 15.1 Å². The van der Waals surface area contributed by atoms with Gasteiger partial charge in [0.25, 0.3) is 0 Å². The fourth-order valence-electron chi connectivity index (χ4n) is 4.09. The van der Waals surface area contributed by atoms with Gasteiger partial charge in [0.05, 0.1) is 0 Å². The van der Waals surface area contributed by atoms with E-state index < -0.39 is 5.97 Å². The van der Waals surface area contributed by atoms with E-state index in [0.717, 1.165) is 16.7 Å². The molecular formula is C27H28N4O4. The maximum atomic E-state index is 12.9. The molecule has 0 spiro atoms. The van der Waals surface area contributed by atoms with Crippen molar-refractivity contribution in [2.45, 2.75) is 12.8 Å². The second-order valence-electron chi connectivity index (χ2n) is 8.24. The Bertz CT molecular complexity index is 1190. The highest BCUT2D eigenvalue weighted by Gasteiger charge is 2.22. The predicted molar refractivity (Wildman–Crippen MR) is 133 cm³/mol. The first-order chi connectivity index (χ1) is 17.0. The smallest absolute Gasteiger partial charge is 0.359 e. The van der Waals surface area contributed by atoms with Crippen LogP contribution in [0.1, 0.15) is 22.5 Å². The zero-order chi connectivity index (χ0) is 24.6. The van der Waals surface area contributed by atoms with Crippen LogP contribution in [0, 0.1) is 0 Å². The van der Waals surface area contributed by atoms with Gasteiger partial charge in [0.1, 0.15) is 12.4 Å². The number of aryl methyl sites for hydroxylation is 1. The second-order valence-corrected chi connectivity index (χ2v) is 8.24. The molecule has 4 rings (SSSR count). The number of hydrogen-bond acceptors (Lipinski definition) is 7. The topological polar surface area (TPSA) is 95.9 Å². The lowest BCUT2D eigenvalue weighted by molar-refractivity contribution is -0.131. The van der Waals surface area contributed by atoms with Crippen molar-refractivity contribution in [3.8, 4) is 16.9 Å². The molecule has 0 atom stereocenters. The summed E-state index contributed by atoms with van der Waals surface area (Å²) in [6.45, 7) is 6.10. The number of piperazine rings is 1. The van der Waals surface area contributed by atoms with Crippen molar-refractivity contribution in [2.24, 2.45) is 0 Å². The Morgan fingerprint density at radius 3 is 2.51 bits per heavy atom. The van der Waals surface area contributed by atoms with Crippen molar-refractivity contribution >= 4 is 17.7 Å². The summed E-state index contributed by atoms with van der Waals surface area (Å²) < 4.78 is 4.97. The lowest BCUT2D eigenvalue weighted by Crippen LogP contribution is -2.49. The number of carbonyl (C=O) groups excluding carboxylic acids is 2. The molecule has 2 aromatic carbocycles. The molecule has 1 fully saturated rings. The first-order valence-corrected chi connectivity index (χ1v) is 11.6. The summed E-state index contributed by atoms with van der Waals surface area (Å²) in [5.41, 5.74) is 3.18. The standard InChI is InChI=1S/C27H28N4O4/c1-2-18-35-27(34)24-11-12-25(29-28-24)30-14-16-31(17-15-30)26(33)13-10-20-6-3-4-9-23(20)21-7-5-8-22(32)19-21/h2-9,11-12,19,32H,1,10,13-18H2. The number of benzene rings is 2. The van der Waals surface area contributed by atoms with Crippen molar-refractivity contribution in [2.75, 3.05) is 37.7 Å². The lowest BCUT2D eigenvalue weighted by Gasteiger charge is -2.35.